The van der Waals surface area contributed by atoms with Crippen LogP contribution in [0.25, 0.3) is 11.1 Å². The van der Waals surface area contributed by atoms with Crippen LogP contribution in [0.2, 0.25) is 0 Å². The van der Waals surface area contributed by atoms with E-state index in [-0.39, 0.29) is 11.8 Å². The maximum Gasteiger partial charge on any atom is 0.306 e. The first-order valence-corrected chi connectivity index (χ1v) is 7.48. The number of para-hydroxylation sites is 2. The summed E-state index contributed by atoms with van der Waals surface area (Å²) in [5, 5.41) is 8.96. The summed E-state index contributed by atoms with van der Waals surface area (Å²) in [6.45, 7) is 1.03. The molecule has 6 heteroatoms. The van der Waals surface area contributed by atoms with Crippen molar-refractivity contribution in [2.45, 2.75) is 25.7 Å². The molecule has 1 aromatic heterocycles. The molecule has 0 atom stereocenters. The molecule has 3 rings (SSSR count). The number of likely N-dealkylation sites (tertiary alicyclic amines) is 1. The molecule has 1 aromatic carbocycles. The third-order valence-electron chi connectivity index (χ3n) is 4.09. The van der Waals surface area contributed by atoms with Crippen molar-refractivity contribution in [2.24, 2.45) is 5.92 Å². The maximum absolute atomic E-state index is 12.2. The van der Waals surface area contributed by atoms with Gasteiger partial charge in [0.25, 0.3) is 0 Å². The van der Waals surface area contributed by atoms with Gasteiger partial charge in [-0.2, -0.15) is 0 Å². The first-order valence-electron chi connectivity index (χ1n) is 7.48. The molecule has 0 saturated carbocycles. The van der Waals surface area contributed by atoms with Crippen molar-refractivity contribution in [2.75, 3.05) is 13.1 Å². The zero-order valence-electron chi connectivity index (χ0n) is 12.2. The predicted molar refractivity (Wildman–Crippen MR) is 79.3 cm³/mol. The van der Waals surface area contributed by atoms with Gasteiger partial charge in [-0.3, -0.25) is 9.59 Å². The molecule has 1 N–H and O–H groups in total. The van der Waals surface area contributed by atoms with Gasteiger partial charge >= 0.3 is 5.97 Å². The number of carboxylic acids is 1. The fourth-order valence-electron chi connectivity index (χ4n) is 2.77. The number of piperidine rings is 1. The number of benzene rings is 1. The molecule has 0 radical (unpaired) electrons. The van der Waals surface area contributed by atoms with Gasteiger partial charge < -0.3 is 14.4 Å². The SMILES string of the molecule is O=C(O)C1CCN(C(=O)CCc2nc3ccccc3o2)CC1. The average Bonchev–Trinajstić information content (AvgIpc) is 2.95. The van der Waals surface area contributed by atoms with Crippen LogP contribution >= 0.6 is 0 Å². The fourth-order valence-corrected chi connectivity index (χ4v) is 2.77. The lowest BCUT2D eigenvalue weighted by Crippen LogP contribution is -2.40. The van der Waals surface area contributed by atoms with Crippen molar-refractivity contribution < 1.29 is 19.1 Å². The van der Waals surface area contributed by atoms with Crippen LogP contribution < -0.4 is 0 Å². The molecule has 1 aliphatic rings. The van der Waals surface area contributed by atoms with Gasteiger partial charge in [0, 0.05) is 25.9 Å². The number of hydrogen-bond donors (Lipinski definition) is 1. The van der Waals surface area contributed by atoms with Crippen molar-refractivity contribution in [3.8, 4) is 0 Å². The first kappa shape index (κ1) is 14.6. The topological polar surface area (TPSA) is 83.6 Å². The van der Waals surface area contributed by atoms with Gasteiger partial charge in [-0.25, -0.2) is 4.98 Å². The number of fused-ring (bicyclic) bond motifs is 1. The van der Waals surface area contributed by atoms with Crippen LogP contribution in [0.4, 0.5) is 0 Å². The second-order valence-corrected chi connectivity index (χ2v) is 5.57. The van der Waals surface area contributed by atoms with Crippen LogP contribution in [-0.2, 0) is 16.0 Å². The number of carbonyl (C=O) groups excluding carboxylic acids is 1. The van der Waals surface area contributed by atoms with Crippen molar-refractivity contribution in [1.82, 2.24) is 9.88 Å². The molecule has 1 aliphatic heterocycles. The van der Waals surface area contributed by atoms with Crippen LogP contribution in [0, 0.1) is 5.92 Å². The highest BCUT2D eigenvalue weighted by Gasteiger charge is 2.26. The maximum atomic E-state index is 12.2. The lowest BCUT2D eigenvalue weighted by atomic mass is 9.97. The van der Waals surface area contributed by atoms with Gasteiger partial charge in [0.1, 0.15) is 5.52 Å². The van der Waals surface area contributed by atoms with E-state index in [9.17, 15) is 9.59 Å². The van der Waals surface area contributed by atoms with Crippen LogP contribution in [0.1, 0.15) is 25.2 Å². The standard InChI is InChI=1S/C16H18N2O4/c19-15(18-9-7-11(8-10-18)16(20)21)6-5-14-17-12-3-1-2-4-13(12)22-14/h1-4,11H,5-10H2,(H,20,21). The van der Waals surface area contributed by atoms with Gasteiger partial charge in [-0.1, -0.05) is 12.1 Å². The van der Waals surface area contributed by atoms with Crippen LogP contribution in [0.15, 0.2) is 28.7 Å². The zero-order valence-corrected chi connectivity index (χ0v) is 12.2. The van der Waals surface area contributed by atoms with E-state index in [2.05, 4.69) is 4.98 Å². The normalized spacial score (nSPS) is 16.1. The second-order valence-electron chi connectivity index (χ2n) is 5.57. The van der Waals surface area contributed by atoms with E-state index in [1.54, 1.807) is 4.90 Å². The Morgan fingerprint density at radius 2 is 2.00 bits per heavy atom. The zero-order chi connectivity index (χ0) is 15.5. The Labute approximate surface area is 127 Å². The lowest BCUT2D eigenvalue weighted by molar-refractivity contribution is -0.145. The fraction of sp³-hybridized carbons (Fsp3) is 0.438. The molecule has 6 nitrogen and oxygen atoms in total. The summed E-state index contributed by atoms with van der Waals surface area (Å²) in [7, 11) is 0. The third-order valence-corrected chi connectivity index (χ3v) is 4.09. The first-order chi connectivity index (χ1) is 10.6. The second kappa shape index (κ2) is 6.17. The monoisotopic (exact) mass is 302 g/mol. The number of aryl methyl sites for hydroxylation is 1. The molecule has 2 aromatic rings. The Balaban J connectivity index is 1.53. The number of aliphatic carboxylic acids is 1. The summed E-state index contributed by atoms with van der Waals surface area (Å²) in [5.74, 6) is -0.485. The van der Waals surface area contributed by atoms with E-state index in [0.717, 1.165) is 11.1 Å². The van der Waals surface area contributed by atoms with Gasteiger partial charge in [0.2, 0.25) is 5.91 Å². The number of aromatic nitrogens is 1. The van der Waals surface area contributed by atoms with Gasteiger partial charge in [-0.15, -0.1) is 0 Å². The highest BCUT2D eigenvalue weighted by Crippen LogP contribution is 2.19. The number of rotatable bonds is 4. The number of carboxylic acid groups (broad SMARTS) is 1. The molecule has 0 unspecified atom stereocenters. The Kier molecular flexibility index (Phi) is 4.09. The predicted octanol–water partition coefficient (Wildman–Crippen LogP) is 2.08. The number of nitrogens with zero attached hydrogens (tertiary/aromatic N) is 2. The van der Waals surface area contributed by atoms with Crippen LogP contribution in [0.5, 0.6) is 0 Å². The molecule has 1 saturated heterocycles. The summed E-state index contributed by atoms with van der Waals surface area (Å²) in [6.07, 6.45) is 1.87. The molecule has 116 valence electrons. The third kappa shape index (κ3) is 3.10. The number of hydrogen-bond acceptors (Lipinski definition) is 4. The van der Waals surface area contributed by atoms with E-state index in [1.807, 2.05) is 24.3 Å². The summed E-state index contributed by atoms with van der Waals surface area (Å²) in [6, 6.07) is 7.51. The minimum Gasteiger partial charge on any atom is -0.481 e. The minimum absolute atomic E-state index is 0.0334. The Morgan fingerprint density at radius 3 is 2.68 bits per heavy atom. The molecule has 1 amide bonds. The quantitative estimate of drug-likeness (QED) is 0.935. The largest absolute Gasteiger partial charge is 0.481 e. The van der Waals surface area contributed by atoms with Gasteiger partial charge in [0.05, 0.1) is 5.92 Å². The summed E-state index contributed by atoms with van der Waals surface area (Å²) in [5.41, 5.74) is 1.53. The van der Waals surface area contributed by atoms with Crippen LogP contribution in [0.3, 0.4) is 0 Å². The number of oxazole rings is 1. The van der Waals surface area contributed by atoms with Crippen molar-refractivity contribution >= 4 is 23.0 Å². The lowest BCUT2D eigenvalue weighted by Gasteiger charge is -2.30. The summed E-state index contributed by atoms with van der Waals surface area (Å²) in [4.78, 5) is 29.2. The molecule has 22 heavy (non-hydrogen) atoms. The van der Waals surface area contributed by atoms with Crippen molar-refractivity contribution in [1.29, 1.82) is 0 Å². The summed E-state index contributed by atoms with van der Waals surface area (Å²) < 4.78 is 5.59. The minimum atomic E-state index is -0.765. The van der Waals surface area contributed by atoms with Crippen LogP contribution in [-0.4, -0.2) is 40.0 Å². The van der Waals surface area contributed by atoms with Gasteiger partial charge in [0.15, 0.2) is 11.5 Å². The highest BCUT2D eigenvalue weighted by molar-refractivity contribution is 5.77. The smallest absolute Gasteiger partial charge is 0.306 e. The molecular formula is C16H18N2O4. The van der Waals surface area contributed by atoms with Gasteiger partial charge in [-0.05, 0) is 25.0 Å². The van der Waals surface area contributed by atoms with E-state index >= 15 is 0 Å². The molecule has 0 spiro atoms. The van der Waals surface area contributed by atoms with E-state index < -0.39 is 5.97 Å². The van der Waals surface area contributed by atoms with Crippen molar-refractivity contribution in [3.63, 3.8) is 0 Å². The Morgan fingerprint density at radius 1 is 1.27 bits per heavy atom. The Bertz CT molecular complexity index is 653. The summed E-state index contributed by atoms with van der Waals surface area (Å²) >= 11 is 0. The van der Waals surface area contributed by atoms with E-state index in [4.69, 9.17) is 9.52 Å². The highest BCUT2D eigenvalue weighted by atomic mass is 16.4. The molecule has 1 fully saturated rings. The Hall–Kier alpha value is -2.37. The van der Waals surface area contributed by atoms with Crippen molar-refractivity contribution in [3.05, 3.63) is 30.2 Å². The number of amides is 1. The molecule has 2 heterocycles. The molecule has 0 bridgehead atoms. The number of carbonyl (C=O) groups is 2. The van der Waals surface area contributed by atoms with E-state index in [0.29, 0.717) is 44.7 Å². The molecule has 0 aliphatic carbocycles. The average molecular weight is 302 g/mol. The van der Waals surface area contributed by atoms with E-state index in [1.165, 1.54) is 0 Å². The molecular weight excluding hydrogens is 284 g/mol.